The van der Waals surface area contributed by atoms with Crippen LogP contribution in [0.4, 0.5) is 0 Å². The Bertz CT molecular complexity index is 1170. The van der Waals surface area contributed by atoms with Crippen LogP contribution in [0.1, 0.15) is 67.2 Å². The number of carbonyl (C=O) groups excluding carboxylic acids is 2. The third-order valence-electron chi connectivity index (χ3n) is 13.5. The highest BCUT2D eigenvalue weighted by molar-refractivity contribution is 5.76. The zero-order valence-electron chi connectivity index (χ0n) is 22.7. The average molecular weight is 513 g/mol. The van der Waals surface area contributed by atoms with Crippen molar-refractivity contribution in [1.82, 2.24) is 0 Å². The fraction of sp³-hybridized carbons (Fsp3) is 0.867. The van der Waals surface area contributed by atoms with E-state index in [1.165, 1.54) is 5.57 Å². The first-order valence-electron chi connectivity index (χ1n) is 14.5. The van der Waals surface area contributed by atoms with E-state index in [4.69, 9.17) is 14.2 Å². The quantitative estimate of drug-likeness (QED) is 0.380. The molecule has 5 bridgehead atoms. The van der Waals surface area contributed by atoms with E-state index in [2.05, 4.69) is 20.8 Å². The van der Waals surface area contributed by atoms with Crippen LogP contribution in [0, 0.1) is 58.7 Å². The van der Waals surface area contributed by atoms with E-state index < -0.39 is 28.3 Å². The summed E-state index contributed by atoms with van der Waals surface area (Å²) >= 11 is 0. The molecule has 8 rings (SSSR count). The Kier molecular flexibility index (Phi) is 4.10. The Hall–Kier alpha value is -1.44. The molecule has 16 atom stereocenters. The number of fused-ring (bicyclic) bond motifs is 7. The maximum absolute atomic E-state index is 13.1. The van der Waals surface area contributed by atoms with Crippen molar-refractivity contribution in [2.24, 2.45) is 58.7 Å². The van der Waals surface area contributed by atoms with E-state index in [0.29, 0.717) is 6.42 Å². The van der Waals surface area contributed by atoms with E-state index in [0.717, 1.165) is 24.8 Å². The monoisotopic (exact) mass is 512 g/mol. The molecular formula is C30H40O7. The number of hydrogen-bond donors (Lipinski definition) is 2. The lowest BCUT2D eigenvalue weighted by molar-refractivity contribution is -0.254. The molecule has 0 amide bonds. The largest absolute Gasteiger partial charge is 0.461 e. The number of aliphatic hydroxyl groups excluding tert-OH is 1. The minimum absolute atomic E-state index is 0.00116. The second-order valence-corrected chi connectivity index (χ2v) is 14.7. The Labute approximate surface area is 218 Å². The smallest absolute Gasteiger partial charge is 0.309 e. The van der Waals surface area contributed by atoms with Gasteiger partial charge in [0.2, 0.25) is 0 Å². The van der Waals surface area contributed by atoms with Gasteiger partial charge in [0.25, 0.3) is 0 Å². The van der Waals surface area contributed by atoms with Gasteiger partial charge in [-0.15, -0.1) is 0 Å². The third-order valence-corrected chi connectivity index (χ3v) is 13.5. The van der Waals surface area contributed by atoms with Crippen molar-refractivity contribution >= 4 is 11.9 Å². The van der Waals surface area contributed by atoms with Crippen LogP contribution < -0.4 is 0 Å². The molecule has 7 fully saturated rings. The van der Waals surface area contributed by atoms with Gasteiger partial charge in [0.1, 0.15) is 17.8 Å². The molecule has 2 N–H and O–H groups in total. The molecular weight excluding hydrogens is 472 g/mol. The minimum atomic E-state index is -0.974. The first-order chi connectivity index (χ1) is 17.3. The second-order valence-electron chi connectivity index (χ2n) is 14.7. The molecule has 0 aromatic carbocycles. The van der Waals surface area contributed by atoms with E-state index in [9.17, 15) is 19.8 Å². The van der Waals surface area contributed by atoms with Crippen molar-refractivity contribution in [3.8, 4) is 0 Å². The molecule has 3 heterocycles. The first-order valence-corrected chi connectivity index (χ1v) is 14.5. The van der Waals surface area contributed by atoms with Gasteiger partial charge in [0.05, 0.1) is 34.6 Å². The van der Waals surface area contributed by atoms with Gasteiger partial charge in [-0.2, -0.15) is 0 Å². The van der Waals surface area contributed by atoms with Gasteiger partial charge in [-0.3, -0.25) is 9.59 Å². The molecule has 3 aliphatic heterocycles. The summed E-state index contributed by atoms with van der Waals surface area (Å²) in [5.74, 6) is -0.748. The molecule has 37 heavy (non-hydrogen) atoms. The lowest BCUT2D eigenvalue weighted by atomic mass is 9.54. The number of hydrogen-bond acceptors (Lipinski definition) is 7. The second kappa shape index (κ2) is 6.47. The highest BCUT2D eigenvalue weighted by atomic mass is 16.6. The lowest BCUT2D eigenvalue weighted by Crippen LogP contribution is -2.64. The van der Waals surface area contributed by atoms with Crippen LogP contribution in [0.15, 0.2) is 11.1 Å². The molecule has 7 nitrogen and oxygen atoms in total. The molecule has 8 aliphatic rings. The maximum Gasteiger partial charge on any atom is 0.309 e. The zero-order chi connectivity index (χ0) is 26.2. The van der Waals surface area contributed by atoms with Crippen LogP contribution in [0.25, 0.3) is 0 Å². The van der Waals surface area contributed by atoms with Gasteiger partial charge < -0.3 is 24.4 Å². The number of esters is 2. The summed E-state index contributed by atoms with van der Waals surface area (Å²) in [6.07, 6.45) is 1.71. The maximum atomic E-state index is 13.1. The van der Waals surface area contributed by atoms with E-state index in [-0.39, 0.29) is 77.4 Å². The number of aliphatic hydroxyl groups is 2. The SMILES string of the molecule is CC1=C2[C@H]3OC(=O)[C@@H](C)[C@@H]3CC[C@](C)(O)[C@@H]2[C@H]2[C@@H]3[C@@H]4[C@]5([C@H]6OC(=O)C(C)[C@@H]6CC[C@]4(C)O[C@@]5(C)[C@H]3O)[C@@H]12. The molecule has 5 aliphatic carbocycles. The predicted octanol–water partition coefficient (Wildman–Crippen LogP) is 3.01. The van der Waals surface area contributed by atoms with Gasteiger partial charge in [0.15, 0.2) is 0 Å². The Morgan fingerprint density at radius 2 is 1.54 bits per heavy atom. The van der Waals surface area contributed by atoms with Crippen LogP contribution >= 0.6 is 0 Å². The van der Waals surface area contributed by atoms with Crippen molar-refractivity contribution < 1.29 is 34.0 Å². The number of carbonyl (C=O) groups is 2. The van der Waals surface area contributed by atoms with E-state index in [1.54, 1.807) is 0 Å². The lowest BCUT2D eigenvalue weighted by Gasteiger charge is -2.55. The standard InChI is InChI=1S/C30H40O7/c1-11-14-7-9-27(4,34)20-16(21(14)35-25(11)32)13(3)19-17(20)18-22-28(5)10-8-15-12(2)26(33)36-24(15)30(19,22)29(6,37-28)23(18)31/h11-12,14-15,17-24,31,34H,7-10H2,1-6H3/t11-,12?,14-,15-,17-,18+,19-,20-,21-,22-,23-,24-,27-,28-,29-,30-/m0/s1. The fourth-order valence-corrected chi connectivity index (χ4v) is 12.3. The minimum Gasteiger partial charge on any atom is -0.461 e. The summed E-state index contributed by atoms with van der Waals surface area (Å²) < 4.78 is 19.4. The fourth-order valence-electron chi connectivity index (χ4n) is 12.3. The van der Waals surface area contributed by atoms with Crippen molar-refractivity contribution in [2.45, 2.75) is 102 Å². The van der Waals surface area contributed by atoms with Gasteiger partial charge in [-0.25, -0.2) is 0 Å². The summed E-state index contributed by atoms with van der Waals surface area (Å²) in [6.45, 7) is 12.4. The summed E-state index contributed by atoms with van der Waals surface area (Å²) in [7, 11) is 0. The highest BCUT2D eigenvalue weighted by Crippen LogP contribution is 2.85. The first kappa shape index (κ1) is 23.4. The average Bonchev–Trinajstić information content (AvgIpc) is 3.53. The van der Waals surface area contributed by atoms with Crippen LogP contribution in [0.5, 0.6) is 0 Å². The molecule has 0 aromatic rings. The molecule has 7 heteroatoms. The number of ether oxygens (including phenoxy) is 3. The Morgan fingerprint density at radius 3 is 2.27 bits per heavy atom. The normalized spacial score (nSPS) is 64.5. The number of rotatable bonds is 0. The Morgan fingerprint density at radius 1 is 0.892 bits per heavy atom. The summed E-state index contributed by atoms with van der Waals surface area (Å²) in [5, 5.41) is 24.2. The Balaban J connectivity index is 1.39. The van der Waals surface area contributed by atoms with Crippen molar-refractivity contribution in [2.75, 3.05) is 0 Å². The van der Waals surface area contributed by atoms with Gasteiger partial charge in [0, 0.05) is 23.7 Å². The predicted molar refractivity (Wildman–Crippen MR) is 131 cm³/mol. The van der Waals surface area contributed by atoms with Crippen molar-refractivity contribution in [3.63, 3.8) is 0 Å². The number of allylic oxidation sites excluding steroid dienone is 1. The molecule has 3 saturated heterocycles. The van der Waals surface area contributed by atoms with Crippen LogP contribution in [0.2, 0.25) is 0 Å². The van der Waals surface area contributed by atoms with E-state index >= 15 is 0 Å². The molecule has 202 valence electrons. The molecule has 4 saturated carbocycles. The van der Waals surface area contributed by atoms with Crippen LogP contribution in [0.3, 0.4) is 0 Å². The summed E-state index contributed by atoms with van der Waals surface area (Å²) in [6, 6.07) is 0. The van der Waals surface area contributed by atoms with Crippen molar-refractivity contribution in [1.29, 1.82) is 0 Å². The molecule has 1 unspecified atom stereocenters. The van der Waals surface area contributed by atoms with Gasteiger partial charge >= 0.3 is 11.9 Å². The van der Waals surface area contributed by atoms with E-state index in [1.807, 2.05) is 20.8 Å². The van der Waals surface area contributed by atoms with Crippen LogP contribution in [-0.4, -0.2) is 57.3 Å². The molecule has 0 spiro atoms. The zero-order valence-corrected chi connectivity index (χ0v) is 22.7. The molecule has 0 radical (unpaired) electrons. The topological polar surface area (TPSA) is 102 Å². The molecule has 0 aromatic heterocycles. The third kappa shape index (κ3) is 2.18. The van der Waals surface area contributed by atoms with Gasteiger partial charge in [-0.1, -0.05) is 19.4 Å². The van der Waals surface area contributed by atoms with Gasteiger partial charge in [-0.05, 0) is 76.7 Å². The van der Waals surface area contributed by atoms with Crippen molar-refractivity contribution in [3.05, 3.63) is 11.1 Å². The summed E-state index contributed by atoms with van der Waals surface area (Å²) in [5.41, 5.74) is -0.528. The highest BCUT2D eigenvalue weighted by Gasteiger charge is 2.91. The van der Waals surface area contributed by atoms with Crippen LogP contribution in [-0.2, 0) is 23.8 Å². The summed E-state index contributed by atoms with van der Waals surface area (Å²) in [4.78, 5) is 25.8.